The van der Waals surface area contributed by atoms with E-state index >= 15 is 0 Å². The van der Waals surface area contributed by atoms with E-state index in [2.05, 4.69) is 4.74 Å². The highest BCUT2D eigenvalue weighted by Crippen LogP contribution is 2.02. The molecule has 0 rings (SSSR count). The molecule has 0 aliphatic rings. The first-order valence-electron chi connectivity index (χ1n) is 4.81. The Kier molecular flexibility index (Phi) is 6.82. The second-order valence-electron chi connectivity index (χ2n) is 3.19. The van der Waals surface area contributed by atoms with Gasteiger partial charge in [-0.05, 0) is 6.42 Å². The minimum absolute atomic E-state index is 0.0238. The van der Waals surface area contributed by atoms with Crippen molar-refractivity contribution < 1.29 is 34.8 Å². The van der Waals surface area contributed by atoms with E-state index < -0.39 is 36.7 Å². The standard InChI is InChI=1S/C9H16O7/c1-2-3-16-9(15)8(14)7(13)6(12)5(11)4-10/h5-7,10-13H,2-4H2,1H3/t5-,6-,7+/m0/s1. The van der Waals surface area contributed by atoms with E-state index in [9.17, 15) is 14.7 Å². The summed E-state index contributed by atoms with van der Waals surface area (Å²) in [4.78, 5) is 22.1. The Hall–Kier alpha value is -1.02. The minimum Gasteiger partial charge on any atom is -0.460 e. The number of hydrogen-bond donors (Lipinski definition) is 4. The predicted molar refractivity (Wildman–Crippen MR) is 51.4 cm³/mol. The van der Waals surface area contributed by atoms with Crippen molar-refractivity contribution in [1.82, 2.24) is 0 Å². The molecule has 94 valence electrons. The van der Waals surface area contributed by atoms with Crippen molar-refractivity contribution in [3.8, 4) is 0 Å². The number of hydrogen-bond acceptors (Lipinski definition) is 7. The van der Waals surface area contributed by atoms with Crippen LogP contribution in [0.4, 0.5) is 0 Å². The van der Waals surface area contributed by atoms with Gasteiger partial charge in [-0.1, -0.05) is 6.92 Å². The average Bonchev–Trinajstić information content (AvgIpc) is 2.31. The second-order valence-corrected chi connectivity index (χ2v) is 3.19. The van der Waals surface area contributed by atoms with Crippen LogP contribution in [0.2, 0.25) is 0 Å². The van der Waals surface area contributed by atoms with E-state index in [1.807, 2.05) is 0 Å². The summed E-state index contributed by atoms with van der Waals surface area (Å²) in [5, 5.41) is 35.7. The van der Waals surface area contributed by atoms with E-state index in [1.54, 1.807) is 6.92 Å². The van der Waals surface area contributed by atoms with Crippen LogP contribution in [-0.2, 0) is 14.3 Å². The molecule has 0 saturated heterocycles. The minimum atomic E-state index is -2.11. The number of aliphatic hydroxyl groups excluding tert-OH is 4. The van der Waals surface area contributed by atoms with Gasteiger partial charge in [0.15, 0.2) is 6.10 Å². The molecule has 16 heavy (non-hydrogen) atoms. The molecule has 0 spiro atoms. The second kappa shape index (κ2) is 7.29. The molecule has 0 fully saturated rings. The van der Waals surface area contributed by atoms with Gasteiger partial charge in [0.1, 0.15) is 12.2 Å². The van der Waals surface area contributed by atoms with Crippen molar-refractivity contribution in [2.24, 2.45) is 0 Å². The Bertz CT molecular complexity index is 240. The Morgan fingerprint density at radius 2 is 1.81 bits per heavy atom. The molecule has 0 aromatic rings. The van der Waals surface area contributed by atoms with Crippen LogP contribution in [0.5, 0.6) is 0 Å². The van der Waals surface area contributed by atoms with Gasteiger partial charge in [-0.15, -0.1) is 0 Å². The summed E-state index contributed by atoms with van der Waals surface area (Å²) in [6.07, 6.45) is -5.21. The summed E-state index contributed by atoms with van der Waals surface area (Å²) >= 11 is 0. The van der Waals surface area contributed by atoms with E-state index in [4.69, 9.17) is 15.3 Å². The molecule has 0 radical (unpaired) electrons. The van der Waals surface area contributed by atoms with Crippen molar-refractivity contribution in [3.63, 3.8) is 0 Å². The molecule has 3 atom stereocenters. The van der Waals surface area contributed by atoms with E-state index in [0.29, 0.717) is 6.42 Å². The number of esters is 1. The van der Waals surface area contributed by atoms with Gasteiger partial charge in [-0.2, -0.15) is 0 Å². The maximum Gasteiger partial charge on any atom is 0.377 e. The Morgan fingerprint density at radius 3 is 2.25 bits per heavy atom. The molecule has 0 bridgehead atoms. The lowest BCUT2D eigenvalue weighted by atomic mass is 10.1. The largest absolute Gasteiger partial charge is 0.460 e. The fourth-order valence-electron chi connectivity index (χ4n) is 0.860. The van der Waals surface area contributed by atoms with Crippen LogP contribution >= 0.6 is 0 Å². The summed E-state index contributed by atoms with van der Waals surface area (Å²) < 4.78 is 4.43. The number of ether oxygens (including phenoxy) is 1. The Balaban J connectivity index is 4.31. The lowest BCUT2D eigenvalue weighted by Crippen LogP contribution is -2.46. The van der Waals surface area contributed by atoms with Gasteiger partial charge < -0.3 is 25.2 Å². The molecule has 0 heterocycles. The molecule has 7 nitrogen and oxygen atoms in total. The van der Waals surface area contributed by atoms with E-state index in [0.717, 1.165) is 0 Å². The fourth-order valence-corrected chi connectivity index (χ4v) is 0.860. The number of ketones is 1. The fraction of sp³-hybridized carbons (Fsp3) is 0.778. The summed E-state index contributed by atoms with van der Waals surface area (Å²) in [5.41, 5.74) is 0. The van der Waals surface area contributed by atoms with Crippen molar-refractivity contribution in [2.45, 2.75) is 31.7 Å². The summed E-state index contributed by atoms with van der Waals surface area (Å²) in [6.45, 7) is 0.907. The van der Waals surface area contributed by atoms with Crippen LogP contribution in [-0.4, -0.2) is 63.7 Å². The molecule has 0 aromatic heterocycles. The smallest absolute Gasteiger partial charge is 0.377 e. The van der Waals surface area contributed by atoms with Crippen LogP contribution in [0, 0.1) is 0 Å². The summed E-state index contributed by atoms with van der Waals surface area (Å²) in [6, 6.07) is 0. The highest BCUT2D eigenvalue weighted by atomic mass is 16.5. The quantitative estimate of drug-likeness (QED) is 0.286. The molecule has 4 N–H and O–H groups in total. The van der Waals surface area contributed by atoms with Gasteiger partial charge in [0.05, 0.1) is 13.2 Å². The summed E-state index contributed by atoms with van der Waals surface area (Å²) in [5.74, 6) is -2.63. The van der Waals surface area contributed by atoms with Crippen LogP contribution in [0.25, 0.3) is 0 Å². The first kappa shape index (κ1) is 15.0. The van der Waals surface area contributed by atoms with Crippen molar-refractivity contribution in [2.75, 3.05) is 13.2 Å². The van der Waals surface area contributed by atoms with Crippen molar-refractivity contribution in [3.05, 3.63) is 0 Å². The summed E-state index contributed by atoms with van der Waals surface area (Å²) in [7, 11) is 0. The number of Topliss-reactive ketones (excluding diaryl/α,β-unsaturated/α-hetero) is 1. The lowest BCUT2D eigenvalue weighted by molar-refractivity contribution is -0.163. The molecule has 0 unspecified atom stereocenters. The third kappa shape index (κ3) is 4.23. The highest BCUT2D eigenvalue weighted by molar-refractivity contribution is 6.35. The normalized spacial score (nSPS) is 16.3. The molecular weight excluding hydrogens is 220 g/mol. The molecule has 0 saturated carbocycles. The van der Waals surface area contributed by atoms with E-state index in [-0.39, 0.29) is 6.61 Å². The van der Waals surface area contributed by atoms with Crippen LogP contribution in [0.3, 0.4) is 0 Å². The highest BCUT2D eigenvalue weighted by Gasteiger charge is 2.34. The van der Waals surface area contributed by atoms with Crippen molar-refractivity contribution >= 4 is 11.8 Å². The number of carbonyl (C=O) groups excluding carboxylic acids is 2. The van der Waals surface area contributed by atoms with E-state index in [1.165, 1.54) is 0 Å². The zero-order valence-electron chi connectivity index (χ0n) is 8.87. The Labute approximate surface area is 92.3 Å². The zero-order chi connectivity index (χ0) is 12.7. The SMILES string of the molecule is CCCOC(=O)C(=O)[C@H](O)[C@@H](O)[C@@H](O)CO. The molecule has 7 heteroatoms. The lowest BCUT2D eigenvalue weighted by Gasteiger charge is -2.19. The zero-order valence-corrected chi connectivity index (χ0v) is 8.87. The van der Waals surface area contributed by atoms with Gasteiger partial charge >= 0.3 is 5.97 Å². The maximum atomic E-state index is 11.1. The molecule has 0 amide bonds. The van der Waals surface area contributed by atoms with Gasteiger partial charge in [0.25, 0.3) is 5.78 Å². The van der Waals surface area contributed by atoms with Crippen molar-refractivity contribution in [1.29, 1.82) is 0 Å². The number of aliphatic hydroxyl groups is 4. The average molecular weight is 236 g/mol. The molecular formula is C9H16O7. The van der Waals surface area contributed by atoms with Crippen LogP contribution < -0.4 is 0 Å². The number of carbonyl (C=O) groups is 2. The van der Waals surface area contributed by atoms with Gasteiger partial charge in [0.2, 0.25) is 0 Å². The Morgan fingerprint density at radius 1 is 1.25 bits per heavy atom. The molecule has 0 aromatic carbocycles. The molecule has 0 aliphatic carbocycles. The first-order chi connectivity index (χ1) is 7.45. The van der Waals surface area contributed by atoms with Gasteiger partial charge in [-0.25, -0.2) is 4.79 Å². The monoisotopic (exact) mass is 236 g/mol. The van der Waals surface area contributed by atoms with Crippen LogP contribution in [0.15, 0.2) is 0 Å². The van der Waals surface area contributed by atoms with Crippen LogP contribution in [0.1, 0.15) is 13.3 Å². The molecule has 0 aliphatic heterocycles. The van der Waals surface area contributed by atoms with Gasteiger partial charge in [0, 0.05) is 0 Å². The number of rotatable bonds is 7. The topological polar surface area (TPSA) is 124 Å². The third-order valence-electron chi connectivity index (χ3n) is 1.81. The van der Waals surface area contributed by atoms with Gasteiger partial charge in [-0.3, -0.25) is 4.79 Å². The first-order valence-corrected chi connectivity index (χ1v) is 4.81. The predicted octanol–water partition coefficient (Wildman–Crippen LogP) is -2.42. The third-order valence-corrected chi connectivity index (χ3v) is 1.81. The maximum absolute atomic E-state index is 11.1.